The fourth-order valence-corrected chi connectivity index (χ4v) is 0.815. The minimum Gasteiger partial charge on any atom is -0.381 e. The third-order valence-electron chi connectivity index (χ3n) is 1.51. The molecule has 0 saturated carbocycles. The van der Waals surface area contributed by atoms with Crippen LogP contribution in [0, 0.1) is 5.92 Å². The maximum atomic E-state index is 5.14. The summed E-state index contributed by atoms with van der Waals surface area (Å²) < 4.78 is 5.14. The van der Waals surface area contributed by atoms with Gasteiger partial charge in [0.1, 0.15) is 0 Å². The normalized spacial score (nSPS) is 20.3. The van der Waals surface area contributed by atoms with Gasteiger partial charge >= 0.3 is 0 Å². The lowest BCUT2D eigenvalue weighted by Gasteiger charge is -2.16. The molecule has 0 aromatic rings. The quantitative estimate of drug-likeness (QED) is 0.492. The number of ether oxygens (including phenoxy) is 1. The summed E-state index contributed by atoms with van der Waals surface area (Å²) in [5.41, 5.74) is 0. The molecule has 0 aliphatic carbocycles. The van der Waals surface area contributed by atoms with E-state index in [0.717, 1.165) is 19.1 Å². The number of hydrogen-bond acceptors (Lipinski definition) is 1. The van der Waals surface area contributed by atoms with E-state index in [1.807, 2.05) is 13.8 Å². The fourth-order valence-electron chi connectivity index (χ4n) is 0.815. The topological polar surface area (TPSA) is 9.23 Å². The summed E-state index contributed by atoms with van der Waals surface area (Å²) in [6, 6.07) is 0. The molecule has 1 nitrogen and oxygen atoms in total. The molecule has 1 aliphatic heterocycles. The van der Waals surface area contributed by atoms with E-state index in [-0.39, 0.29) is 1.43 Å². The first-order valence-electron chi connectivity index (χ1n) is 3.97. The molecule has 9 heavy (non-hydrogen) atoms. The van der Waals surface area contributed by atoms with Gasteiger partial charge in [-0.05, 0) is 18.8 Å². The van der Waals surface area contributed by atoms with Crippen LogP contribution < -0.4 is 0 Å². The van der Waals surface area contributed by atoms with Crippen LogP contribution in [0.3, 0.4) is 0 Å². The van der Waals surface area contributed by atoms with Crippen molar-refractivity contribution >= 4 is 0 Å². The van der Waals surface area contributed by atoms with Gasteiger partial charge in [-0.2, -0.15) is 0 Å². The molecule has 1 fully saturated rings. The van der Waals surface area contributed by atoms with Gasteiger partial charge in [-0.1, -0.05) is 20.8 Å². The van der Waals surface area contributed by atoms with Gasteiger partial charge in [0.15, 0.2) is 0 Å². The van der Waals surface area contributed by atoms with Crippen LogP contribution in [-0.4, -0.2) is 13.2 Å². The van der Waals surface area contributed by atoms with Crippen LogP contribution >= 0.6 is 0 Å². The van der Waals surface area contributed by atoms with Crippen molar-refractivity contribution in [2.75, 3.05) is 13.2 Å². The van der Waals surface area contributed by atoms with Gasteiger partial charge in [0, 0.05) is 14.6 Å². The van der Waals surface area contributed by atoms with Crippen molar-refractivity contribution in [1.82, 2.24) is 0 Å². The molecule has 1 saturated heterocycles. The van der Waals surface area contributed by atoms with Crippen molar-refractivity contribution < 1.29 is 6.16 Å². The Kier molecular flexibility index (Phi) is 6.06. The molecule has 0 spiro atoms. The van der Waals surface area contributed by atoms with E-state index in [1.165, 1.54) is 12.8 Å². The zero-order valence-electron chi connectivity index (χ0n) is 6.81. The maximum absolute atomic E-state index is 5.14. The molecular weight excluding hydrogens is 112 g/mol. The van der Waals surface area contributed by atoms with Gasteiger partial charge in [-0.25, -0.2) is 0 Å². The van der Waals surface area contributed by atoms with Crippen LogP contribution in [0.5, 0.6) is 0 Å². The molecule has 58 valence electrons. The molecule has 0 amide bonds. The van der Waals surface area contributed by atoms with E-state index < -0.39 is 0 Å². The lowest BCUT2D eigenvalue weighted by molar-refractivity contribution is 0.0716. The van der Waals surface area contributed by atoms with Gasteiger partial charge in [0.05, 0.1) is 0 Å². The predicted molar refractivity (Wildman–Crippen MR) is 42.7 cm³/mol. The molecule has 0 bridgehead atoms. The fraction of sp³-hybridized carbons (Fsp3) is 1.00. The minimum absolute atomic E-state index is 0. The Morgan fingerprint density at radius 2 is 1.67 bits per heavy atom. The minimum atomic E-state index is 0. The zero-order valence-corrected chi connectivity index (χ0v) is 6.81. The summed E-state index contributed by atoms with van der Waals surface area (Å²) in [5.74, 6) is 0.911. The maximum Gasteiger partial charge on any atom is 0.0468 e. The molecule has 1 heterocycles. The molecule has 0 aromatic heterocycles. The van der Waals surface area contributed by atoms with Crippen molar-refractivity contribution in [2.45, 2.75) is 33.6 Å². The Balaban J connectivity index is 0. The van der Waals surface area contributed by atoms with Crippen LogP contribution in [0.2, 0.25) is 0 Å². The van der Waals surface area contributed by atoms with E-state index in [1.54, 1.807) is 0 Å². The van der Waals surface area contributed by atoms with E-state index >= 15 is 0 Å². The smallest absolute Gasteiger partial charge is 0.0468 e. The van der Waals surface area contributed by atoms with Crippen molar-refractivity contribution in [1.29, 1.82) is 0 Å². The van der Waals surface area contributed by atoms with Gasteiger partial charge in [-0.15, -0.1) is 0 Å². The molecule has 1 heteroatoms. The summed E-state index contributed by atoms with van der Waals surface area (Å²) in [5, 5.41) is 0. The lowest BCUT2D eigenvalue weighted by Crippen LogP contribution is -2.12. The van der Waals surface area contributed by atoms with E-state index in [0.29, 0.717) is 0 Å². The van der Waals surface area contributed by atoms with Crippen molar-refractivity contribution in [3.63, 3.8) is 0 Å². The SMILES string of the molecule is CC.CC1CCOCC1.[HH]. The van der Waals surface area contributed by atoms with E-state index in [2.05, 4.69) is 6.92 Å². The van der Waals surface area contributed by atoms with Crippen LogP contribution in [0.1, 0.15) is 35.0 Å². The molecule has 1 rings (SSSR count). The third kappa shape index (κ3) is 4.46. The van der Waals surface area contributed by atoms with Crippen molar-refractivity contribution in [3.05, 3.63) is 0 Å². The zero-order chi connectivity index (χ0) is 7.11. The molecular formula is C8H20O. The summed E-state index contributed by atoms with van der Waals surface area (Å²) in [6.07, 6.45) is 2.53. The first-order chi connectivity index (χ1) is 4.39. The summed E-state index contributed by atoms with van der Waals surface area (Å²) in [7, 11) is 0. The summed E-state index contributed by atoms with van der Waals surface area (Å²) in [6.45, 7) is 8.25. The Labute approximate surface area is 59.9 Å². The van der Waals surface area contributed by atoms with Gasteiger partial charge < -0.3 is 4.74 Å². The molecule has 0 atom stereocenters. The largest absolute Gasteiger partial charge is 0.381 e. The van der Waals surface area contributed by atoms with Crippen LogP contribution in [0.15, 0.2) is 0 Å². The highest BCUT2D eigenvalue weighted by molar-refractivity contribution is 4.55. The standard InChI is InChI=1S/C6H12O.C2H6.H2/c1-6-2-4-7-5-3-6;1-2;/h6H,2-5H2,1H3;1-2H3;1H. The Morgan fingerprint density at radius 1 is 1.22 bits per heavy atom. The first kappa shape index (κ1) is 8.96. The molecule has 0 aromatic carbocycles. The Morgan fingerprint density at radius 3 is 1.89 bits per heavy atom. The molecule has 0 unspecified atom stereocenters. The summed E-state index contributed by atoms with van der Waals surface area (Å²) >= 11 is 0. The average Bonchev–Trinajstić information content (AvgIpc) is 1.94. The van der Waals surface area contributed by atoms with Crippen LogP contribution in [-0.2, 0) is 4.74 Å². The number of hydrogen-bond donors (Lipinski definition) is 0. The predicted octanol–water partition coefficient (Wildman–Crippen LogP) is 2.71. The second-order valence-corrected chi connectivity index (χ2v) is 2.29. The highest BCUT2D eigenvalue weighted by Crippen LogP contribution is 2.11. The third-order valence-corrected chi connectivity index (χ3v) is 1.51. The monoisotopic (exact) mass is 132 g/mol. The highest BCUT2D eigenvalue weighted by atomic mass is 16.5. The Hall–Kier alpha value is -0.0400. The lowest BCUT2D eigenvalue weighted by atomic mass is 10.0. The Bertz CT molecular complexity index is 51.2. The van der Waals surface area contributed by atoms with Gasteiger partial charge in [0.2, 0.25) is 0 Å². The van der Waals surface area contributed by atoms with Gasteiger partial charge in [-0.3, -0.25) is 0 Å². The average molecular weight is 132 g/mol. The summed E-state index contributed by atoms with van der Waals surface area (Å²) in [4.78, 5) is 0. The molecule has 0 N–H and O–H groups in total. The van der Waals surface area contributed by atoms with Crippen molar-refractivity contribution in [2.24, 2.45) is 5.92 Å². The highest BCUT2D eigenvalue weighted by Gasteiger charge is 2.06. The van der Waals surface area contributed by atoms with Crippen molar-refractivity contribution in [3.8, 4) is 0 Å². The first-order valence-corrected chi connectivity index (χ1v) is 3.97. The second-order valence-electron chi connectivity index (χ2n) is 2.29. The van der Waals surface area contributed by atoms with E-state index in [9.17, 15) is 0 Å². The van der Waals surface area contributed by atoms with E-state index in [4.69, 9.17) is 4.74 Å². The number of rotatable bonds is 0. The molecule has 0 radical (unpaired) electrons. The van der Waals surface area contributed by atoms with Crippen LogP contribution in [0.25, 0.3) is 0 Å². The van der Waals surface area contributed by atoms with Crippen LogP contribution in [0.4, 0.5) is 0 Å². The second kappa shape index (κ2) is 6.09. The van der Waals surface area contributed by atoms with Gasteiger partial charge in [0.25, 0.3) is 0 Å². The molecule has 1 aliphatic rings.